The van der Waals surface area contributed by atoms with E-state index in [9.17, 15) is 4.39 Å². The molecule has 2 rings (SSSR count). The zero-order valence-electron chi connectivity index (χ0n) is 11.1. The van der Waals surface area contributed by atoms with Crippen LogP contribution in [0.3, 0.4) is 0 Å². The first-order valence-corrected chi connectivity index (χ1v) is 6.63. The van der Waals surface area contributed by atoms with E-state index >= 15 is 0 Å². The van der Waals surface area contributed by atoms with E-state index in [0.29, 0.717) is 11.7 Å². The van der Waals surface area contributed by atoms with E-state index in [1.165, 1.54) is 12.1 Å². The van der Waals surface area contributed by atoms with Gasteiger partial charge in [-0.3, -0.25) is 10.4 Å². The minimum Gasteiger partial charge on any atom is -0.270 e. The third-order valence-corrected chi connectivity index (χ3v) is 3.44. The Bertz CT molecular complexity index is 506. The van der Waals surface area contributed by atoms with Crippen molar-refractivity contribution in [2.24, 2.45) is 10.1 Å². The highest BCUT2D eigenvalue weighted by atomic mass is 35.5. The smallest absolute Gasteiger partial charge is 0.127 e. The maximum atomic E-state index is 12.9. The Hall–Kier alpha value is -1.42. The van der Waals surface area contributed by atoms with Gasteiger partial charge in [-0.05, 0) is 17.7 Å². The molecule has 3 nitrogen and oxygen atoms in total. The van der Waals surface area contributed by atoms with Crippen molar-refractivity contribution in [2.45, 2.75) is 32.1 Å². The van der Waals surface area contributed by atoms with E-state index in [-0.39, 0.29) is 11.2 Å². The quantitative estimate of drug-likeness (QED) is 0.905. The summed E-state index contributed by atoms with van der Waals surface area (Å²) in [7, 11) is 0. The molecule has 0 saturated heterocycles. The third-order valence-electron chi connectivity index (χ3n) is 3.17. The number of hydrogen-bond acceptors (Lipinski definition) is 2. The van der Waals surface area contributed by atoms with Gasteiger partial charge in [0, 0.05) is 18.3 Å². The molecule has 1 aromatic rings. The molecule has 0 aliphatic carbocycles. The molecule has 0 fully saturated rings. The monoisotopic (exact) mass is 281 g/mol. The lowest BCUT2D eigenvalue weighted by Gasteiger charge is -2.24. The van der Waals surface area contributed by atoms with Crippen molar-refractivity contribution in [3.8, 4) is 0 Å². The Labute approximate surface area is 117 Å². The first kappa shape index (κ1) is 14.0. The molecule has 5 heteroatoms. The second-order valence-corrected chi connectivity index (χ2v) is 5.69. The van der Waals surface area contributed by atoms with Crippen molar-refractivity contribution in [3.63, 3.8) is 0 Å². The Kier molecular flexibility index (Phi) is 4.20. The molecule has 0 unspecified atom stereocenters. The number of nitrogens with one attached hydrogen (secondary N) is 1. The highest BCUT2D eigenvalue weighted by Crippen LogP contribution is 2.24. The topological polar surface area (TPSA) is 36.8 Å². The predicted octanol–water partition coefficient (Wildman–Crippen LogP) is 3.44. The summed E-state index contributed by atoms with van der Waals surface area (Å²) < 4.78 is 12.9. The molecule has 0 spiro atoms. The fraction of sp³-hybridized carbons (Fsp3) is 0.429. The fourth-order valence-electron chi connectivity index (χ4n) is 1.86. The van der Waals surface area contributed by atoms with Gasteiger partial charge >= 0.3 is 0 Å². The van der Waals surface area contributed by atoms with E-state index in [4.69, 9.17) is 11.6 Å². The van der Waals surface area contributed by atoms with Crippen LogP contribution in [0.4, 0.5) is 4.39 Å². The van der Waals surface area contributed by atoms with Crippen molar-refractivity contribution < 1.29 is 4.39 Å². The van der Waals surface area contributed by atoms with Gasteiger partial charge in [0.1, 0.15) is 16.8 Å². The number of nitrogens with zero attached hydrogens (tertiary/aromatic N) is 2. The Morgan fingerprint density at radius 1 is 1.32 bits per heavy atom. The van der Waals surface area contributed by atoms with E-state index in [0.717, 1.165) is 24.2 Å². The number of halogens is 2. The summed E-state index contributed by atoms with van der Waals surface area (Å²) in [5.74, 6) is 0.628. The molecule has 19 heavy (non-hydrogen) atoms. The third kappa shape index (κ3) is 3.77. The van der Waals surface area contributed by atoms with E-state index in [1.54, 1.807) is 12.1 Å². The highest BCUT2D eigenvalue weighted by molar-refractivity contribution is 6.65. The number of amidine groups is 1. The van der Waals surface area contributed by atoms with Crippen LogP contribution in [0, 0.1) is 5.82 Å². The molecule has 0 amide bonds. The maximum absolute atomic E-state index is 12.9. The lowest BCUT2D eigenvalue weighted by atomic mass is 9.85. The maximum Gasteiger partial charge on any atom is 0.127 e. The largest absolute Gasteiger partial charge is 0.270 e. The number of hydrazone groups is 1. The van der Waals surface area contributed by atoms with Crippen LogP contribution in [0.5, 0.6) is 0 Å². The van der Waals surface area contributed by atoms with Gasteiger partial charge in [0.25, 0.3) is 0 Å². The van der Waals surface area contributed by atoms with Crippen molar-refractivity contribution in [1.29, 1.82) is 0 Å². The zero-order chi connectivity index (χ0) is 13.9. The van der Waals surface area contributed by atoms with Gasteiger partial charge in [-0.1, -0.05) is 37.6 Å². The number of aliphatic imine (C=N–C) groups is 1. The van der Waals surface area contributed by atoms with Crippen molar-refractivity contribution >= 4 is 22.6 Å². The van der Waals surface area contributed by atoms with E-state index in [2.05, 4.69) is 29.4 Å². The van der Waals surface area contributed by atoms with Gasteiger partial charge in [0.15, 0.2) is 0 Å². The summed E-state index contributed by atoms with van der Waals surface area (Å²) >= 11 is 5.78. The van der Waals surface area contributed by atoms with Gasteiger partial charge in [-0.15, -0.1) is 0 Å². The van der Waals surface area contributed by atoms with Crippen LogP contribution in [0.25, 0.3) is 0 Å². The lowest BCUT2D eigenvalue weighted by Crippen LogP contribution is -2.28. The average molecular weight is 282 g/mol. The van der Waals surface area contributed by atoms with Crippen LogP contribution in [0.2, 0.25) is 0 Å². The van der Waals surface area contributed by atoms with Gasteiger partial charge in [0.2, 0.25) is 0 Å². The normalized spacial score (nSPS) is 18.1. The summed E-state index contributed by atoms with van der Waals surface area (Å²) in [5, 5.41) is 4.53. The highest BCUT2D eigenvalue weighted by Gasteiger charge is 2.20. The van der Waals surface area contributed by atoms with Crippen LogP contribution in [0.15, 0.2) is 34.4 Å². The number of hydrogen-bond donors (Lipinski definition) is 1. The Morgan fingerprint density at radius 3 is 2.58 bits per heavy atom. The molecule has 0 radical (unpaired) electrons. The standard InChI is InChI=1S/C14H17ClFN3/c1-14(2,10-3-5-11(16)6-4-10)9-17-13-8-7-12(15)18-19-13/h3-6H,7-9H2,1-2H3,(H,17,19). The van der Waals surface area contributed by atoms with Crippen LogP contribution in [-0.4, -0.2) is 17.6 Å². The van der Waals surface area contributed by atoms with E-state index in [1.807, 2.05) is 0 Å². The van der Waals surface area contributed by atoms with Crippen molar-refractivity contribution in [3.05, 3.63) is 35.6 Å². The number of benzene rings is 1. The first-order chi connectivity index (χ1) is 8.97. The molecule has 1 aliphatic rings. The molecule has 1 heterocycles. The van der Waals surface area contributed by atoms with Gasteiger partial charge in [0.05, 0.1) is 6.54 Å². The predicted molar refractivity (Wildman–Crippen MR) is 77.4 cm³/mol. The van der Waals surface area contributed by atoms with Crippen LogP contribution in [-0.2, 0) is 5.41 Å². The van der Waals surface area contributed by atoms with Crippen molar-refractivity contribution in [2.75, 3.05) is 6.54 Å². The number of rotatable bonds is 3. The SMILES string of the molecule is CC(C)(CN=C1CCC(Cl)=NN1)c1ccc(F)cc1. The molecule has 102 valence electrons. The lowest BCUT2D eigenvalue weighted by molar-refractivity contribution is 0.535. The Balaban J connectivity index is 2.05. The van der Waals surface area contributed by atoms with Gasteiger partial charge in [-0.25, -0.2) is 4.39 Å². The zero-order valence-corrected chi connectivity index (χ0v) is 11.8. The van der Waals surface area contributed by atoms with Crippen LogP contribution >= 0.6 is 11.6 Å². The summed E-state index contributed by atoms with van der Waals surface area (Å²) in [6.45, 7) is 4.79. The summed E-state index contributed by atoms with van der Waals surface area (Å²) in [4.78, 5) is 4.53. The molecule has 1 N–H and O–H groups in total. The van der Waals surface area contributed by atoms with Gasteiger partial charge in [-0.2, -0.15) is 5.10 Å². The molecule has 0 atom stereocenters. The second kappa shape index (κ2) is 5.70. The van der Waals surface area contributed by atoms with Crippen LogP contribution < -0.4 is 5.43 Å². The molecule has 0 aromatic heterocycles. The average Bonchev–Trinajstić information content (AvgIpc) is 2.39. The fourth-order valence-corrected chi connectivity index (χ4v) is 2.00. The van der Waals surface area contributed by atoms with Crippen molar-refractivity contribution in [1.82, 2.24) is 5.43 Å². The minimum atomic E-state index is -0.219. The minimum absolute atomic E-state index is 0.145. The summed E-state index contributed by atoms with van der Waals surface area (Å²) in [5.41, 5.74) is 3.77. The molecule has 0 bridgehead atoms. The van der Waals surface area contributed by atoms with Crippen LogP contribution in [0.1, 0.15) is 32.3 Å². The molecule has 1 aliphatic heterocycles. The molecular formula is C14H17ClFN3. The van der Waals surface area contributed by atoms with Gasteiger partial charge < -0.3 is 0 Å². The Morgan fingerprint density at radius 2 is 2.00 bits per heavy atom. The summed E-state index contributed by atoms with van der Waals surface area (Å²) in [6.07, 6.45) is 1.51. The first-order valence-electron chi connectivity index (χ1n) is 6.25. The second-order valence-electron chi connectivity index (χ2n) is 5.25. The van der Waals surface area contributed by atoms with E-state index < -0.39 is 0 Å². The molecule has 1 aromatic carbocycles. The summed E-state index contributed by atoms with van der Waals surface area (Å²) in [6, 6.07) is 6.57. The molecule has 0 saturated carbocycles. The molecular weight excluding hydrogens is 265 g/mol.